The molecule has 0 unspecified atom stereocenters. The number of ether oxygens (including phenoxy) is 6. The van der Waals surface area contributed by atoms with Gasteiger partial charge in [0.05, 0.1) is 88.6 Å². The Bertz CT molecular complexity index is 925. The molecule has 1 N–H and O–H groups in total. The van der Waals surface area contributed by atoms with Crippen LogP contribution in [0.3, 0.4) is 0 Å². The molecule has 1 rings (SSSR count). The first-order valence-electron chi connectivity index (χ1n) is 18.7. The topological polar surface area (TPSA) is 154 Å². The van der Waals surface area contributed by atoms with Crippen LogP contribution in [0.15, 0.2) is 18.2 Å². The minimum absolute atomic E-state index is 0.199. The van der Waals surface area contributed by atoms with E-state index in [4.69, 9.17) is 28.4 Å². The molecule has 0 aliphatic rings. The van der Waals surface area contributed by atoms with Crippen LogP contribution in [0.4, 0.5) is 17.1 Å². The Balaban J connectivity index is 1.72. The number of benzene rings is 1. The molecule has 49 heavy (non-hydrogen) atoms. The lowest BCUT2D eigenvalue weighted by Gasteiger charge is -2.09. The molecule has 0 radical (unpaired) electrons. The average Bonchev–Trinajstić information content (AvgIpc) is 3.09. The van der Waals surface area contributed by atoms with Gasteiger partial charge in [-0.25, -0.2) is 0 Å². The van der Waals surface area contributed by atoms with E-state index in [-0.39, 0.29) is 17.1 Å². The van der Waals surface area contributed by atoms with E-state index in [0.717, 1.165) is 19.1 Å². The zero-order valence-electron chi connectivity index (χ0n) is 30.2. The van der Waals surface area contributed by atoms with Gasteiger partial charge in [-0.3, -0.25) is 20.2 Å². The van der Waals surface area contributed by atoms with Crippen molar-refractivity contribution in [3.63, 3.8) is 0 Å². The summed E-state index contributed by atoms with van der Waals surface area (Å²) < 4.78 is 33.1. The van der Waals surface area contributed by atoms with Crippen molar-refractivity contribution in [1.29, 1.82) is 0 Å². The number of anilines is 1. The Kier molecular flexibility index (Phi) is 31.0. The summed E-state index contributed by atoms with van der Waals surface area (Å²) >= 11 is 0. The fraction of sp³-hybridized carbons (Fsp3) is 0.833. The molecule has 284 valence electrons. The Labute approximate surface area is 294 Å². The van der Waals surface area contributed by atoms with Crippen LogP contribution in [0, 0.1) is 20.2 Å². The molecule has 13 heteroatoms. The van der Waals surface area contributed by atoms with Crippen LogP contribution in [0.5, 0.6) is 0 Å². The fourth-order valence-corrected chi connectivity index (χ4v) is 5.15. The molecule has 0 saturated carbocycles. The fourth-order valence-electron chi connectivity index (χ4n) is 5.15. The molecule has 0 spiro atoms. The third kappa shape index (κ3) is 28.0. The number of hydrogen-bond donors (Lipinski definition) is 1. The highest BCUT2D eigenvalue weighted by atomic mass is 16.6. The molecule has 0 amide bonds. The quantitative estimate of drug-likeness (QED) is 0.0403. The van der Waals surface area contributed by atoms with Gasteiger partial charge in [0.25, 0.3) is 11.4 Å². The van der Waals surface area contributed by atoms with E-state index in [1.54, 1.807) is 0 Å². The van der Waals surface area contributed by atoms with E-state index < -0.39 is 9.85 Å². The van der Waals surface area contributed by atoms with E-state index in [9.17, 15) is 20.2 Å². The van der Waals surface area contributed by atoms with Gasteiger partial charge in [0.1, 0.15) is 5.69 Å². The summed E-state index contributed by atoms with van der Waals surface area (Å²) in [7, 11) is 0. The summed E-state index contributed by atoms with van der Waals surface area (Å²) in [4.78, 5) is 20.6. The monoisotopic (exact) mass is 699 g/mol. The number of rotatable bonds is 38. The average molecular weight is 700 g/mol. The lowest BCUT2D eigenvalue weighted by atomic mass is 10.0. The van der Waals surface area contributed by atoms with Gasteiger partial charge in [0.15, 0.2) is 0 Å². The summed E-state index contributed by atoms with van der Waals surface area (Å²) in [6.45, 7) is 8.53. The van der Waals surface area contributed by atoms with Crippen molar-refractivity contribution in [2.24, 2.45) is 0 Å². The Morgan fingerprint density at radius 2 is 0.857 bits per heavy atom. The molecule has 0 atom stereocenters. The normalized spacial score (nSPS) is 11.3. The molecule has 1 aromatic carbocycles. The minimum Gasteiger partial charge on any atom is -0.379 e. The highest BCUT2D eigenvalue weighted by Gasteiger charge is 2.19. The van der Waals surface area contributed by atoms with Gasteiger partial charge >= 0.3 is 0 Å². The zero-order valence-corrected chi connectivity index (χ0v) is 30.2. The molecule has 0 saturated heterocycles. The largest absolute Gasteiger partial charge is 0.379 e. The Morgan fingerprint density at radius 1 is 0.490 bits per heavy atom. The molecule has 0 aliphatic heterocycles. The number of nitro benzene ring substituents is 2. The number of nitrogens with one attached hydrogen (secondary N) is 1. The van der Waals surface area contributed by atoms with E-state index in [2.05, 4.69) is 12.2 Å². The van der Waals surface area contributed by atoms with Crippen molar-refractivity contribution in [2.45, 2.75) is 110 Å². The van der Waals surface area contributed by atoms with Gasteiger partial charge in [-0.1, -0.05) is 103 Å². The summed E-state index contributed by atoms with van der Waals surface area (Å²) in [6.07, 6.45) is 22.0. The highest BCUT2D eigenvalue weighted by Crippen LogP contribution is 2.28. The highest BCUT2D eigenvalue weighted by molar-refractivity contribution is 5.65. The first kappa shape index (κ1) is 44.6. The maximum atomic E-state index is 11.2. The van der Waals surface area contributed by atoms with Crippen LogP contribution in [-0.2, 0) is 28.4 Å². The first-order chi connectivity index (χ1) is 24.1. The second kappa shape index (κ2) is 34.0. The van der Waals surface area contributed by atoms with Gasteiger partial charge in [-0.15, -0.1) is 0 Å². The Morgan fingerprint density at radius 3 is 1.24 bits per heavy atom. The third-order valence-electron chi connectivity index (χ3n) is 7.95. The molecule has 1 aromatic rings. The molecular formula is C36H65N3O10. The van der Waals surface area contributed by atoms with Crippen molar-refractivity contribution in [2.75, 3.05) is 91.1 Å². The number of hydrogen-bond acceptors (Lipinski definition) is 11. The smallest absolute Gasteiger partial charge is 0.299 e. The second-order valence-electron chi connectivity index (χ2n) is 12.1. The van der Waals surface area contributed by atoms with Gasteiger partial charge in [0.2, 0.25) is 0 Å². The number of unbranched alkanes of at least 4 members (excludes halogenated alkanes) is 15. The number of nitro groups is 2. The lowest BCUT2D eigenvalue weighted by molar-refractivity contribution is -0.393. The van der Waals surface area contributed by atoms with Gasteiger partial charge < -0.3 is 33.7 Å². The molecule has 13 nitrogen and oxygen atoms in total. The molecule has 0 fully saturated rings. The molecule has 0 bridgehead atoms. The van der Waals surface area contributed by atoms with Crippen LogP contribution in [0.1, 0.15) is 110 Å². The predicted molar refractivity (Wildman–Crippen MR) is 193 cm³/mol. The van der Waals surface area contributed by atoms with E-state index in [0.29, 0.717) is 79.2 Å². The van der Waals surface area contributed by atoms with Crippen molar-refractivity contribution in [3.8, 4) is 0 Å². The van der Waals surface area contributed by atoms with Gasteiger partial charge in [-0.05, 0) is 12.5 Å². The van der Waals surface area contributed by atoms with Gasteiger partial charge in [0, 0.05) is 19.2 Å². The second-order valence-corrected chi connectivity index (χ2v) is 12.1. The maximum Gasteiger partial charge on any atom is 0.299 e. The van der Waals surface area contributed by atoms with Crippen LogP contribution >= 0.6 is 0 Å². The third-order valence-corrected chi connectivity index (χ3v) is 7.95. The summed E-state index contributed by atoms with van der Waals surface area (Å²) in [5, 5.41) is 24.8. The van der Waals surface area contributed by atoms with Crippen molar-refractivity contribution >= 4 is 17.1 Å². The minimum atomic E-state index is -0.671. The first-order valence-corrected chi connectivity index (χ1v) is 18.7. The molecule has 0 heterocycles. The summed E-state index contributed by atoms with van der Waals surface area (Å²) in [6, 6.07) is 3.46. The van der Waals surface area contributed by atoms with E-state index >= 15 is 0 Å². The van der Waals surface area contributed by atoms with Crippen LogP contribution in [0.25, 0.3) is 0 Å². The van der Waals surface area contributed by atoms with Crippen LogP contribution < -0.4 is 5.32 Å². The van der Waals surface area contributed by atoms with Crippen LogP contribution in [-0.4, -0.2) is 95.7 Å². The lowest BCUT2D eigenvalue weighted by Crippen LogP contribution is -2.15. The van der Waals surface area contributed by atoms with Gasteiger partial charge in [-0.2, -0.15) is 0 Å². The summed E-state index contributed by atoms with van der Waals surface area (Å²) in [5.74, 6) is 0. The maximum absolute atomic E-state index is 11.2. The summed E-state index contributed by atoms with van der Waals surface area (Å²) in [5.41, 5.74) is -0.489. The Hall–Kier alpha value is -2.42. The van der Waals surface area contributed by atoms with Crippen LogP contribution in [0.2, 0.25) is 0 Å². The van der Waals surface area contributed by atoms with E-state index in [1.807, 2.05) is 0 Å². The van der Waals surface area contributed by atoms with Crippen molar-refractivity contribution in [3.05, 3.63) is 38.4 Å². The van der Waals surface area contributed by atoms with Crippen molar-refractivity contribution < 1.29 is 38.3 Å². The van der Waals surface area contributed by atoms with Crippen molar-refractivity contribution in [1.82, 2.24) is 0 Å². The molecule has 0 aromatic heterocycles. The molecular weight excluding hydrogens is 634 g/mol. The van der Waals surface area contributed by atoms with E-state index in [1.165, 1.54) is 108 Å². The molecule has 0 aliphatic carbocycles. The predicted octanol–water partition coefficient (Wildman–Crippen LogP) is 8.28. The SMILES string of the molecule is CCCCCCCCCCCCCCCCCCOCCOCCOCCOCCOCCOCCNc1ccc([N+](=O)[O-])cc1[N+](=O)[O-]. The number of nitrogens with zero attached hydrogens (tertiary/aromatic N) is 2. The zero-order chi connectivity index (χ0) is 35.5. The number of non-ortho nitro benzene ring substituents is 1. The standard InChI is InChI=1S/C36H65N3O10/c1-2-3-4-5-6-7-8-9-10-11-12-13-14-15-16-17-21-44-23-25-46-27-29-48-31-32-49-30-28-47-26-24-45-22-20-37-35-19-18-34(38(40)41)33-36(35)39(42)43/h18-19,33,37H,2-17,20-32H2,1H3.